The summed E-state index contributed by atoms with van der Waals surface area (Å²) in [7, 11) is 1.74. The molecule has 3 rings (SSSR count). The largest absolute Gasteiger partial charge is 0.497 e. The van der Waals surface area contributed by atoms with E-state index >= 15 is 0 Å². The highest BCUT2D eigenvalue weighted by atomic mass is 16.5. The highest BCUT2D eigenvalue weighted by Gasteiger charge is 2.37. The zero-order valence-corrected chi connectivity index (χ0v) is 14.0. The summed E-state index contributed by atoms with van der Waals surface area (Å²) in [5, 5.41) is 0. The third-order valence-corrected chi connectivity index (χ3v) is 5.50. The van der Waals surface area contributed by atoms with Crippen LogP contribution in [0.3, 0.4) is 0 Å². The predicted molar refractivity (Wildman–Crippen MR) is 93.4 cm³/mol. The molecule has 22 heavy (non-hydrogen) atoms. The van der Waals surface area contributed by atoms with Crippen molar-refractivity contribution in [2.75, 3.05) is 7.11 Å². The Morgan fingerprint density at radius 2 is 1.77 bits per heavy atom. The molecular formula is C21H28O. The Balaban J connectivity index is 1.98. The van der Waals surface area contributed by atoms with Crippen LogP contribution in [-0.4, -0.2) is 7.11 Å². The molecule has 0 heterocycles. The highest BCUT2D eigenvalue weighted by molar-refractivity contribution is 5.41. The first-order chi connectivity index (χ1) is 10.7. The first-order valence-corrected chi connectivity index (χ1v) is 8.75. The molecule has 1 heteroatoms. The third-order valence-electron chi connectivity index (χ3n) is 5.50. The lowest BCUT2D eigenvalue weighted by Crippen LogP contribution is -2.31. The molecule has 1 nitrogen and oxygen atoms in total. The molecule has 2 aliphatic carbocycles. The maximum atomic E-state index is 5.34. The summed E-state index contributed by atoms with van der Waals surface area (Å²) in [5.41, 5.74) is 3.40. The van der Waals surface area contributed by atoms with Gasteiger partial charge in [-0.05, 0) is 49.3 Å². The second-order valence-electron chi connectivity index (χ2n) is 6.95. The van der Waals surface area contributed by atoms with Gasteiger partial charge in [0.25, 0.3) is 0 Å². The quantitative estimate of drug-likeness (QED) is 0.640. The topological polar surface area (TPSA) is 9.23 Å². The molecular weight excluding hydrogens is 268 g/mol. The number of ether oxygens (including phenoxy) is 1. The van der Waals surface area contributed by atoms with Gasteiger partial charge in [0, 0.05) is 5.41 Å². The van der Waals surface area contributed by atoms with E-state index in [4.69, 9.17) is 4.74 Å². The average molecular weight is 296 g/mol. The molecule has 1 aromatic carbocycles. The van der Waals surface area contributed by atoms with Crippen LogP contribution in [0.2, 0.25) is 0 Å². The Morgan fingerprint density at radius 1 is 1.05 bits per heavy atom. The molecule has 2 aliphatic rings. The molecule has 1 atom stereocenters. The van der Waals surface area contributed by atoms with E-state index in [1.54, 1.807) is 12.7 Å². The van der Waals surface area contributed by atoms with Crippen molar-refractivity contribution >= 4 is 0 Å². The van der Waals surface area contributed by atoms with Crippen LogP contribution in [0.1, 0.15) is 57.4 Å². The van der Waals surface area contributed by atoms with Crippen molar-refractivity contribution < 1.29 is 4.74 Å². The van der Waals surface area contributed by atoms with Gasteiger partial charge in [-0.2, -0.15) is 0 Å². The zero-order chi connectivity index (χ0) is 15.4. The molecule has 1 unspecified atom stereocenters. The molecule has 0 bridgehead atoms. The monoisotopic (exact) mass is 296 g/mol. The Kier molecular flexibility index (Phi) is 4.71. The summed E-state index contributed by atoms with van der Waals surface area (Å²) in [5.74, 6) is 1.63. The SMILES string of the molecule is COc1ccc(C2(C3=CCC(C)C=CC3)CCCCC2)cc1. The molecule has 0 aliphatic heterocycles. The number of hydrogen-bond acceptors (Lipinski definition) is 1. The van der Waals surface area contributed by atoms with Gasteiger partial charge in [0.15, 0.2) is 0 Å². The molecule has 0 spiro atoms. The molecule has 0 N–H and O–H groups in total. The zero-order valence-electron chi connectivity index (χ0n) is 14.0. The maximum absolute atomic E-state index is 5.34. The van der Waals surface area contributed by atoms with Crippen molar-refractivity contribution in [1.29, 1.82) is 0 Å². The van der Waals surface area contributed by atoms with Crippen molar-refractivity contribution in [3.05, 3.63) is 53.6 Å². The first-order valence-electron chi connectivity index (χ1n) is 8.75. The van der Waals surface area contributed by atoms with E-state index in [0.717, 1.165) is 12.2 Å². The Bertz CT molecular complexity index is 544. The molecule has 1 fully saturated rings. The standard InChI is InChI=1S/C21H28O/c1-17-7-6-8-18(10-9-17)21(15-4-3-5-16-21)19-11-13-20(22-2)14-12-19/h6-7,10-14,17H,3-5,8-9,15-16H2,1-2H3. The van der Waals surface area contributed by atoms with Gasteiger partial charge in [0.05, 0.1) is 7.11 Å². The number of rotatable bonds is 3. The van der Waals surface area contributed by atoms with E-state index in [-0.39, 0.29) is 5.41 Å². The molecule has 1 aromatic rings. The van der Waals surface area contributed by atoms with E-state index in [1.165, 1.54) is 44.1 Å². The first kappa shape index (κ1) is 15.4. The lowest BCUT2D eigenvalue weighted by molar-refractivity contribution is 0.334. The summed E-state index contributed by atoms with van der Waals surface area (Å²) in [4.78, 5) is 0. The number of allylic oxidation sites excluding steroid dienone is 4. The van der Waals surface area contributed by atoms with Gasteiger partial charge in [0.2, 0.25) is 0 Å². The maximum Gasteiger partial charge on any atom is 0.118 e. The minimum Gasteiger partial charge on any atom is -0.497 e. The van der Waals surface area contributed by atoms with Crippen molar-refractivity contribution in [2.45, 2.75) is 57.3 Å². The molecule has 0 amide bonds. The van der Waals surface area contributed by atoms with Crippen LogP contribution < -0.4 is 4.74 Å². The van der Waals surface area contributed by atoms with Crippen LogP contribution in [0.4, 0.5) is 0 Å². The molecule has 0 radical (unpaired) electrons. The summed E-state index contributed by atoms with van der Waals surface area (Å²) < 4.78 is 5.34. The number of methoxy groups -OCH3 is 1. The number of benzene rings is 1. The fraction of sp³-hybridized carbons (Fsp3) is 0.524. The van der Waals surface area contributed by atoms with E-state index in [1.807, 2.05) is 0 Å². The van der Waals surface area contributed by atoms with Gasteiger partial charge in [0.1, 0.15) is 5.75 Å². The van der Waals surface area contributed by atoms with Crippen LogP contribution in [0.25, 0.3) is 0 Å². The van der Waals surface area contributed by atoms with Crippen LogP contribution in [0, 0.1) is 5.92 Å². The van der Waals surface area contributed by atoms with E-state index in [0.29, 0.717) is 5.92 Å². The third kappa shape index (κ3) is 2.99. The number of hydrogen-bond donors (Lipinski definition) is 0. The summed E-state index contributed by atoms with van der Waals surface area (Å²) in [6.07, 6.45) is 16.3. The Morgan fingerprint density at radius 3 is 2.45 bits per heavy atom. The van der Waals surface area contributed by atoms with Crippen molar-refractivity contribution in [3.8, 4) is 5.75 Å². The molecule has 118 valence electrons. The minimum absolute atomic E-state index is 0.263. The summed E-state index contributed by atoms with van der Waals surface area (Å²) >= 11 is 0. The van der Waals surface area contributed by atoms with Gasteiger partial charge in [-0.1, -0.05) is 62.1 Å². The molecule has 0 aromatic heterocycles. The smallest absolute Gasteiger partial charge is 0.118 e. The normalized spacial score (nSPS) is 24.5. The predicted octanol–water partition coefficient (Wildman–Crippen LogP) is 5.81. The van der Waals surface area contributed by atoms with Crippen LogP contribution in [-0.2, 0) is 5.41 Å². The molecule has 0 saturated heterocycles. The van der Waals surface area contributed by atoms with Gasteiger partial charge < -0.3 is 4.74 Å². The van der Waals surface area contributed by atoms with E-state index in [2.05, 4.69) is 49.4 Å². The average Bonchev–Trinajstić information content (AvgIpc) is 2.80. The fourth-order valence-electron chi connectivity index (χ4n) is 4.17. The molecule has 1 saturated carbocycles. The second kappa shape index (κ2) is 6.73. The van der Waals surface area contributed by atoms with Gasteiger partial charge in [-0.15, -0.1) is 0 Å². The van der Waals surface area contributed by atoms with Crippen LogP contribution in [0.15, 0.2) is 48.1 Å². The highest BCUT2D eigenvalue weighted by Crippen LogP contribution is 2.47. The van der Waals surface area contributed by atoms with E-state index < -0.39 is 0 Å². The van der Waals surface area contributed by atoms with Crippen LogP contribution >= 0.6 is 0 Å². The van der Waals surface area contributed by atoms with Gasteiger partial charge in [-0.3, -0.25) is 0 Å². The van der Waals surface area contributed by atoms with Crippen molar-refractivity contribution in [3.63, 3.8) is 0 Å². The van der Waals surface area contributed by atoms with Crippen molar-refractivity contribution in [2.24, 2.45) is 5.92 Å². The Hall–Kier alpha value is -1.50. The fourth-order valence-corrected chi connectivity index (χ4v) is 4.17. The lowest BCUT2D eigenvalue weighted by Gasteiger charge is -2.40. The van der Waals surface area contributed by atoms with Gasteiger partial charge in [-0.25, -0.2) is 0 Å². The second-order valence-corrected chi connectivity index (χ2v) is 6.95. The van der Waals surface area contributed by atoms with Gasteiger partial charge >= 0.3 is 0 Å². The lowest BCUT2D eigenvalue weighted by atomic mass is 9.64. The van der Waals surface area contributed by atoms with Crippen molar-refractivity contribution in [1.82, 2.24) is 0 Å². The van der Waals surface area contributed by atoms with Crippen LogP contribution in [0.5, 0.6) is 5.75 Å². The summed E-state index contributed by atoms with van der Waals surface area (Å²) in [6, 6.07) is 8.84. The Labute approximate surface area is 135 Å². The summed E-state index contributed by atoms with van der Waals surface area (Å²) in [6.45, 7) is 2.32. The van der Waals surface area contributed by atoms with E-state index in [9.17, 15) is 0 Å². The minimum atomic E-state index is 0.263.